The van der Waals surface area contributed by atoms with E-state index in [1.165, 1.54) is 11.1 Å². The summed E-state index contributed by atoms with van der Waals surface area (Å²) < 4.78 is 0. The van der Waals surface area contributed by atoms with Crippen molar-refractivity contribution in [2.45, 2.75) is 0 Å². The fourth-order valence-electron chi connectivity index (χ4n) is 0.898. The second-order valence-electron chi connectivity index (χ2n) is 1.96. The van der Waals surface area contributed by atoms with E-state index >= 15 is 0 Å². The molecule has 1 aromatic rings. The molecule has 46 valence electrons. The first-order chi connectivity index (χ1) is 3.97. The van der Waals surface area contributed by atoms with E-state index in [1.807, 2.05) is 0 Å². The van der Waals surface area contributed by atoms with E-state index in [0.717, 1.165) is 0 Å². The van der Waals surface area contributed by atoms with Gasteiger partial charge >= 0.3 is 0 Å². The molecule has 0 aliphatic heterocycles. The number of halogens is 1. The normalized spacial score (nSPS) is 11.1. The van der Waals surface area contributed by atoms with Crippen molar-refractivity contribution in [3.8, 4) is 0 Å². The van der Waals surface area contributed by atoms with Gasteiger partial charge in [0.1, 0.15) is 0 Å². The van der Waals surface area contributed by atoms with Crippen LogP contribution in [0.15, 0.2) is 24.3 Å². The van der Waals surface area contributed by atoms with Gasteiger partial charge < -0.3 is 4.70 Å². The second-order valence-corrected chi connectivity index (χ2v) is 1.96. The molecule has 1 heteroatoms. The Bertz CT molecular complexity index is 213. The van der Waals surface area contributed by atoms with Crippen molar-refractivity contribution in [3.05, 3.63) is 35.4 Å². The van der Waals surface area contributed by atoms with Crippen molar-refractivity contribution in [3.63, 3.8) is 0 Å². The third-order valence-corrected chi connectivity index (χ3v) is 1.44. The Morgan fingerprint density at radius 2 is 1.22 bits per heavy atom. The van der Waals surface area contributed by atoms with Crippen LogP contribution in [0.25, 0.3) is 12.2 Å². The molecule has 0 spiro atoms. The summed E-state index contributed by atoms with van der Waals surface area (Å²) in [6.07, 6.45) is 4.24. The van der Waals surface area contributed by atoms with Crippen molar-refractivity contribution in [1.29, 1.82) is 0 Å². The minimum Gasteiger partial charge on any atom is -1.00 e. The monoisotopic (exact) mass is 121 g/mol. The van der Waals surface area contributed by atoms with Crippen molar-refractivity contribution >= 4 is 12.2 Å². The molecule has 0 saturated heterocycles. The van der Waals surface area contributed by atoms with E-state index < -0.39 is 0 Å². The molecule has 0 unspecified atom stereocenters. The molecule has 0 N–H and O–H groups in total. The average molecular weight is 121 g/mol. The van der Waals surface area contributed by atoms with Gasteiger partial charge in [0.2, 0.25) is 0 Å². The first-order valence-corrected chi connectivity index (χ1v) is 2.74. The molecule has 0 nitrogen and oxygen atoms in total. The quantitative estimate of drug-likeness (QED) is 0.427. The van der Waals surface area contributed by atoms with E-state index in [-0.39, 0.29) is 4.70 Å². The Morgan fingerprint density at radius 3 is 1.44 bits per heavy atom. The van der Waals surface area contributed by atoms with Gasteiger partial charge in [0, 0.05) is 0 Å². The van der Waals surface area contributed by atoms with E-state index in [2.05, 4.69) is 36.4 Å². The molecular weight excluding hydrogens is 115 g/mol. The molecule has 0 aromatic heterocycles. The van der Waals surface area contributed by atoms with Gasteiger partial charge in [-0.2, -0.15) is 0 Å². The van der Waals surface area contributed by atoms with E-state index in [9.17, 15) is 0 Å². The maximum Gasteiger partial charge on any atom is -0.0184 e. The van der Waals surface area contributed by atoms with Crippen molar-refractivity contribution in [2.24, 2.45) is 0 Å². The van der Waals surface area contributed by atoms with Gasteiger partial charge in [-0.05, 0) is 11.1 Å². The van der Waals surface area contributed by atoms with Gasteiger partial charge in [0.05, 0.1) is 0 Å². The Kier molecular flexibility index (Phi) is 1.35. The molecule has 1 aliphatic carbocycles. The third kappa shape index (κ3) is 0.743. The third-order valence-electron chi connectivity index (χ3n) is 1.44. The summed E-state index contributed by atoms with van der Waals surface area (Å²) in [4.78, 5) is 0. The van der Waals surface area contributed by atoms with Crippen LogP contribution in [0.2, 0.25) is 0 Å². The minimum absolute atomic E-state index is 0. The predicted molar refractivity (Wildman–Crippen MR) is 35.4 cm³/mol. The molecule has 0 fully saturated rings. The van der Waals surface area contributed by atoms with Crippen molar-refractivity contribution in [2.75, 3.05) is 0 Å². The molecule has 0 saturated carbocycles. The van der Waals surface area contributed by atoms with Crippen LogP contribution < -0.4 is 4.70 Å². The van der Waals surface area contributed by atoms with E-state index in [0.29, 0.717) is 0 Å². The zero-order chi connectivity index (χ0) is 5.40. The fraction of sp³-hybridized carbons (Fsp3) is 0. The molecule has 9 heavy (non-hydrogen) atoms. The molecular formula is C8H6F-. The van der Waals surface area contributed by atoms with Crippen molar-refractivity contribution in [1.82, 2.24) is 0 Å². The summed E-state index contributed by atoms with van der Waals surface area (Å²) in [6, 6.07) is 8.36. The summed E-state index contributed by atoms with van der Waals surface area (Å²) in [7, 11) is 0. The zero-order valence-electron chi connectivity index (χ0n) is 4.84. The maximum atomic E-state index is 2.12. The lowest BCUT2D eigenvalue weighted by Crippen LogP contribution is -3.00. The summed E-state index contributed by atoms with van der Waals surface area (Å²) >= 11 is 0. The predicted octanol–water partition coefficient (Wildman–Crippen LogP) is -0.826. The first-order valence-electron chi connectivity index (χ1n) is 2.74. The number of fused-ring (bicyclic) bond motifs is 1. The molecule has 0 bridgehead atoms. The van der Waals surface area contributed by atoms with Gasteiger partial charge in [0.15, 0.2) is 0 Å². The van der Waals surface area contributed by atoms with Crippen LogP contribution >= 0.6 is 0 Å². The van der Waals surface area contributed by atoms with Gasteiger partial charge in [-0.1, -0.05) is 36.4 Å². The van der Waals surface area contributed by atoms with Crippen LogP contribution in [0, 0.1) is 0 Å². The number of hydrogen-bond acceptors (Lipinski definition) is 0. The molecule has 0 heterocycles. The lowest BCUT2D eigenvalue weighted by molar-refractivity contribution is -0.00000146. The number of benzene rings is 1. The van der Waals surface area contributed by atoms with Crippen LogP contribution in [0.4, 0.5) is 0 Å². The van der Waals surface area contributed by atoms with Crippen LogP contribution in [0.1, 0.15) is 11.1 Å². The number of hydrogen-bond donors (Lipinski definition) is 0. The van der Waals surface area contributed by atoms with Crippen molar-refractivity contribution < 1.29 is 4.70 Å². The largest absolute Gasteiger partial charge is 1.00 e. The van der Waals surface area contributed by atoms with Gasteiger partial charge in [-0.25, -0.2) is 0 Å². The minimum atomic E-state index is 0. The molecule has 0 atom stereocenters. The standard InChI is InChI=1S/C8H6.FH/c1-2-4-8-6-5-7(8)3-1;/h1-6H;1H/p-1. The Balaban J connectivity index is 0.000000405. The highest BCUT2D eigenvalue weighted by Gasteiger charge is 1.99. The zero-order valence-corrected chi connectivity index (χ0v) is 4.84. The van der Waals surface area contributed by atoms with Gasteiger partial charge in [0.25, 0.3) is 0 Å². The number of rotatable bonds is 0. The lowest BCUT2D eigenvalue weighted by Gasteiger charge is -2.06. The highest BCUT2D eigenvalue weighted by molar-refractivity contribution is 5.85. The summed E-state index contributed by atoms with van der Waals surface area (Å²) in [5, 5.41) is 0. The summed E-state index contributed by atoms with van der Waals surface area (Å²) in [5.41, 5.74) is 2.74. The smallest absolute Gasteiger partial charge is 0.0184 e. The van der Waals surface area contributed by atoms with Gasteiger partial charge in [-0.15, -0.1) is 0 Å². The SMILES string of the molecule is C1=Cc2ccccc21.[F-]. The first kappa shape index (κ1) is 6.02. The maximum absolute atomic E-state index is 2.12. The second kappa shape index (κ2) is 2.02. The Hall–Kier alpha value is -1.11. The molecule has 0 radical (unpaired) electrons. The van der Waals surface area contributed by atoms with Crippen LogP contribution in [0.3, 0.4) is 0 Å². The van der Waals surface area contributed by atoms with Crippen LogP contribution in [-0.4, -0.2) is 0 Å². The molecule has 1 aromatic carbocycles. The van der Waals surface area contributed by atoms with E-state index in [4.69, 9.17) is 0 Å². The average Bonchev–Trinajstić information content (AvgIpc) is 1.72. The Morgan fingerprint density at radius 1 is 0.778 bits per heavy atom. The molecule has 1 aliphatic rings. The van der Waals surface area contributed by atoms with Gasteiger partial charge in [-0.3, -0.25) is 0 Å². The fourth-order valence-corrected chi connectivity index (χ4v) is 0.898. The van der Waals surface area contributed by atoms with E-state index in [1.54, 1.807) is 0 Å². The lowest BCUT2D eigenvalue weighted by atomic mass is 9.99. The van der Waals surface area contributed by atoms with Crippen LogP contribution in [-0.2, 0) is 0 Å². The summed E-state index contributed by atoms with van der Waals surface area (Å²) in [6.45, 7) is 0. The Labute approximate surface area is 53.2 Å². The highest BCUT2D eigenvalue weighted by atomic mass is 19.0. The van der Waals surface area contributed by atoms with Crippen LogP contribution in [0.5, 0.6) is 0 Å². The topological polar surface area (TPSA) is 0 Å². The highest BCUT2D eigenvalue weighted by Crippen LogP contribution is 2.21. The molecule has 2 rings (SSSR count). The molecule has 0 amide bonds. The summed E-state index contributed by atoms with van der Waals surface area (Å²) in [5.74, 6) is 0.